The fourth-order valence-corrected chi connectivity index (χ4v) is 3.77. The summed E-state index contributed by atoms with van der Waals surface area (Å²) in [5.41, 5.74) is 4.17. The Morgan fingerprint density at radius 2 is 2.00 bits per heavy atom. The molecule has 1 aliphatic rings. The summed E-state index contributed by atoms with van der Waals surface area (Å²) in [5.74, 6) is -0.0964. The molecule has 0 saturated carbocycles. The van der Waals surface area contributed by atoms with Crippen molar-refractivity contribution in [3.8, 4) is 6.07 Å². The van der Waals surface area contributed by atoms with Gasteiger partial charge in [0.25, 0.3) is 5.91 Å². The van der Waals surface area contributed by atoms with E-state index in [2.05, 4.69) is 37.0 Å². The molecule has 0 atom stereocenters. The predicted molar refractivity (Wildman–Crippen MR) is 103 cm³/mol. The lowest BCUT2D eigenvalue weighted by molar-refractivity contribution is 0.0801. The van der Waals surface area contributed by atoms with Crippen LogP contribution in [-0.2, 0) is 5.41 Å². The van der Waals surface area contributed by atoms with Crippen molar-refractivity contribution in [2.45, 2.75) is 19.3 Å². The lowest BCUT2D eigenvalue weighted by Crippen LogP contribution is -2.36. The number of nitrogens with one attached hydrogen (secondary N) is 1. The van der Waals surface area contributed by atoms with Crippen LogP contribution in [-0.4, -0.2) is 22.3 Å². The summed E-state index contributed by atoms with van der Waals surface area (Å²) in [6.07, 6.45) is 3.81. The smallest absolute Gasteiger partial charge is 0.257 e. The summed E-state index contributed by atoms with van der Waals surface area (Å²) >= 11 is 0. The number of nitrogens with zero attached hydrogens (tertiary/aromatic N) is 2. The van der Waals surface area contributed by atoms with Crippen molar-refractivity contribution >= 4 is 22.9 Å². The van der Waals surface area contributed by atoms with Crippen molar-refractivity contribution in [2.24, 2.45) is 0 Å². The summed E-state index contributed by atoms with van der Waals surface area (Å²) in [6, 6.07) is 17.2. The molecule has 0 fully saturated rings. The molecule has 1 aliphatic heterocycles. The van der Waals surface area contributed by atoms with Crippen LogP contribution >= 0.6 is 0 Å². The maximum atomic E-state index is 13.0. The van der Waals surface area contributed by atoms with Crippen LogP contribution in [0.5, 0.6) is 0 Å². The minimum absolute atomic E-state index is 0.0964. The molecule has 1 N–H and O–H groups in total. The third-order valence-corrected chi connectivity index (χ3v) is 4.90. The Morgan fingerprint density at radius 3 is 2.81 bits per heavy atom. The fraction of sp³-hybridized carbons (Fsp3) is 0.182. The maximum Gasteiger partial charge on any atom is 0.257 e. The van der Waals surface area contributed by atoms with E-state index in [4.69, 9.17) is 5.26 Å². The van der Waals surface area contributed by atoms with E-state index in [1.807, 2.05) is 24.4 Å². The highest BCUT2D eigenvalue weighted by Gasteiger charge is 2.32. The lowest BCUT2D eigenvalue weighted by atomic mass is 9.82. The Morgan fingerprint density at radius 1 is 1.19 bits per heavy atom. The van der Waals surface area contributed by atoms with Crippen LogP contribution in [0.2, 0.25) is 0 Å². The third-order valence-electron chi connectivity index (χ3n) is 4.90. The Bertz CT molecular complexity index is 1080. The summed E-state index contributed by atoms with van der Waals surface area (Å²) in [5, 5.41) is 10.3. The quantitative estimate of drug-likeness (QED) is 0.711. The molecule has 1 amide bonds. The largest absolute Gasteiger partial charge is 0.355 e. The standard InChI is InChI=1S/C22H19N3O/c1-22(2)14-25(21(26)16-7-5-6-15(12-16)13-23)11-10-19-20(22)17-8-3-4-9-18(17)24-19/h3-12,24H,14H2,1-2H3. The van der Waals surface area contributed by atoms with Gasteiger partial charge >= 0.3 is 0 Å². The van der Waals surface area contributed by atoms with E-state index in [0.29, 0.717) is 17.7 Å². The number of amides is 1. The van der Waals surface area contributed by atoms with Crippen LogP contribution in [0, 0.1) is 11.3 Å². The number of hydrogen-bond donors (Lipinski definition) is 1. The van der Waals surface area contributed by atoms with Crippen molar-refractivity contribution in [3.05, 3.63) is 77.1 Å². The Kier molecular flexibility index (Phi) is 3.66. The summed E-state index contributed by atoms with van der Waals surface area (Å²) in [6.45, 7) is 4.88. The number of H-pyrrole nitrogens is 1. The first-order valence-electron chi connectivity index (χ1n) is 8.60. The molecule has 0 bridgehead atoms. The molecule has 26 heavy (non-hydrogen) atoms. The highest BCUT2D eigenvalue weighted by molar-refractivity contribution is 5.96. The minimum Gasteiger partial charge on any atom is -0.355 e. The van der Waals surface area contributed by atoms with Crippen LogP contribution in [0.1, 0.15) is 41.0 Å². The molecule has 0 saturated heterocycles. The van der Waals surface area contributed by atoms with Crippen LogP contribution in [0.4, 0.5) is 0 Å². The molecule has 0 spiro atoms. The summed E-state index contributed by atoms with van der Waals surface area (Å²) in [4.78, 5) is 18.2. The number of aromatic nitrogens is 1. The van der Waals surface area contributed by atoms with Crippen molar-refractivity contribution < 1.29 is 4.79 Å². The van der Waals surface area contributed by atoms with Crippen LogP contribution < -0.4 is 0 Å². The zero-order chi connectivity index (χ0) is 18.3. The van der Waals surface area contributed by atoms with Gasteiger partial charge in [0.2, 0.25) is 0 Å². The molecule has 3 aromatic rings. The minimum atomic E-state index is -0.221. The van der Waals surface area contributed by atoms with Gasteiger partial charge in [-0.05, 0) is 35.9 Å². The number of rotatable bonds is 1. The highest BCUT2D eigenvalue weighted by atomic mass is 16.2. The van der Waals surface area contributed by atoms with E-state index in [9.17, 15) is 4.79 Å². The molecule has 2 heterocycles. The van der Waals surface area contributed by atoms with Gasteiger partial charge < -0.3 is 9.88 Å². The van der Waals surface area contributed by atoms with E-state index >= 15 is 0 Å². The number of hydrogen-bond acceptors (Lipinski definition) is 2. The highest BCUT2D eigenvalue weighted by Crippen LogP contribution is 2.37. The Hall–Kier alpha value is -3.32. The average Bonchev–Trinajstić information content (AvgIpc) is 2.97. The van der Waals surface area contributed by atoms with Crippen molar-refractivity contribution in [1.82, 2.24) is 9.88 Å². The van der Waals surface area contributed by atoms with Gasteiger partial charge in [0.05, 0.1) is 11.6 Å². The van der Waals surface area contributed by atoms with Gasteiger partial charge in [-0.2, -0.15) is 5.26 Å². The molecule has 0 radical (unpaired) electrons. The number of fused-ring (bicyclic) bond motifs is 3. The van der Waals surface area contributed by atoms with Gasteiger partial charge in [-0.15, -0.1) is 0 Å². The normalized spacial score (nSPS) is 15.3. The summed E-state index contributed by atoms with van der Waals surface area (Å²) in [7, 11) is 0. The van der Waals surface area contributed by atoms with Gasteiger partial charge in [-0.25, -0.2) is 0 Å². The first-order chi connectivity index (χ1) is 12.5. The van der Waals surface area contributed by atoms with Crippen LogP contribution in [0.25, 0.3) is 17.0 Å². The van der Waals surface area contributed by atoms with Gasteiger partial charge in [-0.1, -0.05) is 38.1 Å². The van der Waals surface area contributed by atoms with E-state index in [1.165, 1.54) is 10.9 Å². The fourth-order valence-electron chi connectivity index (χ4n) is 3.77. The molecule has 2 aromatic carbocycles. The monoisotopic (exact) mass is 341 g/mol. The van der Waals surface area contributed by atoms with E-state index in [0.717, 1.165) is 11.2 Å². The van der Waals surface area contributed by atoms with E-state index in [1.54, 1.807) is 29.2 Å². The zero-order valence-corrected chi connectivity index (χ0v) is 14.8. The Labute approximate surface area is 152 Å². The number of carbonyl (C=O) groups is 1. The Balaban J connectivity index is 1.75. The van der Waals surface area contributed by atoms with Crippen molar-refractivity contribution in [3.63, 3.8) is 0 Å². The molecule has 128 valence electrons. The van der Waals surface area contributed by atoms with Gasteiger partial charge in [0, 0.05) is 40.3 Å². The first kappa shape index (κ1) is 16.2. The number of nitriles is 1. The molecule has 0 unspecified atom stereocenters. The van der Waals surface area contributed by atoms with Gasteiger partial charge in [0.15, 0.2) is 0 Å². The number of para-hydroxylation sites is 1. The van der Waals surface area contributed by atoms with Gasteiger partial charge in [0.1, 0.15) is 0 Å². The second-order valence-corrected chi connectivity index (χ2v) is 7.28. The third kappa shape index (κ3) is 2.58. The molecular weight excluding hydrogens is 322 g/mol. The lowest BCUT2D eigenvalue weighted by Gasteiger charge is -2.29. The number of benzene rings is 2. The maximum absolute atomic E-state index is 13.0. The second kappa shape index (κ2) is 5.89. The number of carbonyl (C=O) groups excluding carboxylic acids is 1. The SMILES string of the molecule is CC1(C)CN(C(=O)c2cccc(C#N)c2)C=Cc2[nH]c3ccccc3c21. The molecule has 4 heteroatoms. The molecular formula is C22H19N3O. The first-order valence-corrected chi connectivity index (χ1v) is 8.60. The molecule has 4 rings (SSSR count). The second-order valence-electron chi connectivity index (χ2n) is 7.28. The predicted octanol–water partition coefficient (Wildman–Crippen LogP) is 4.44. The number of aromatic amines is 1. The van der Waals surface area contributed by atoms with Crippen molar-refractivity contribution in [1.29, 1.82) is 5.26 Å². The zero-order valence-electron chi connectivity index (χ0n) is 14.8. The summed E-state index contributed by atoms with van der Waals surface area (Å²) < 4.78 is 0. The van der Waals surface area contributed by atoms with Crippen LogP contribution in [0.15, 0.2) is 54.7 Å². The molecule has 4 nitrogen and oxygen atoms in total. The molecule has 1 aromatic heterocycles. The van der Waals surface area contributed by atoms with Gasteiger partial charge in [-0.3, -0.25) is 4.79 Å². The average molecular weight is 341 g/mol. The van der Waals surface area contributed by atoms with E-state index < -0.39 is 0 Å². The topological polar surface area (TPSA) is 59.9 Å². The molecule has 0 aliphatic carbocycles. The van der Waals surface area contributed by atoms with E-state index in [-0.39, 0.29) is 11.3 Å². The van der Waals surface area contributed by atoms with Crippen LogP contribution in [0.3, 0.4) is 0 Å². The van der Waals surface area contributed by atoms with Crippen molar-refractivity contribution in [2.75, 3.05) is 6.54 Å².